The molecule has 1 aromatic carbocycles. The van der Waals surface area contributed by atoms with E-state index in [-0.39, 0.29) is 6.04 Å². The van der Waals surface area contributed by atoms with Crippen LogP contribution in [-0.2, 0) is 0 Å². The zero-order chi connectivity index (χ0) is 11.5. The van der Waals surface area contributed by atoms with Gasteiger partial charge in [-0.15, -0.1) is 0 Å². The summed E-state index contributed by atoms with van der Waals surface area (Å²) in [5.41, 5.74) is 8.27. The highest BCUT2D eigenvalue weighted by molar-refractivity contribution is 6.43. The molecule has 1 unspecified atom stereocenters. The van der Waals surface area contributed by atoms with Gasteiger partial charge in [-0.25, -0.2) is 0 Å². The Morgan fingerprint density at radius 2 is 2.00 bits per heavy atom. The molecule has 0 saturated carbocycles. The minimum atomic E-state index is 0.146. The van der Waals surface area contributed by atoms with Gasteiger partial charge in [0.1, 0.15) is 0 Å². The third kappa shape index (κ3) is 2.60. The number of hydrogen-bond donors (Lipinski definition) is 1. The van der Waals surface area contributed by atoms with Crippen LogP contribution in [-0.4, -0.2) is 6.04 Å². The Morgan fingerprint density at radius 3 is 2.81 bits per heavy atom. The fourth-order valence-corrected chi connectivity index (χ4v) is 2.52. The maximum atomic E-state index is 6.21. The number of allylic oxidation sites excluding steroid dienone is 1. The van der Waals surface area contributed by atoms with Crippen LogP contribution in [0, 0.1) is 0 Å². The second-order valence-corrected chi connectivity index (χ2v) is 4.99. The first-order valence-corrected chi connectivity index (χ1v) is 6.35. The van der Waals surface area contributed by atoms with Gasteiger partial charge in [0.05, 0.1) is 10.0 Å². The topological polar surface area (TPSA) is 26.0 Å². The molecule has 1 nitrogen and oxygen atoms in total. The largest absolute Gasteiger partial charge is 0.324 e. The van der Waals surface area contributed by atoms with E-state index >= 15 is 0 Å². The van der Waals surface area contributed by atoms with E-state index in [2.05, 4.69) is 6.08 Å². The van der Waals surface area contributed by atoms with Crippen molar-refractivity contribution >= 4 is 28.8 Å². The predicted octanol–water partition coefficient (Wildman–Crippen LogP) is 4.28. The summed E-state index contributed by atoms with van der Waals surface area (Å²) >= 11 is 12.2. The van der Waals surface area contributed by atoms with Crippen molar-refractivity contribution < 1.29 is 0 Å². The lowest BCUT2D eigenvalue weighted by atomic mass is 10.0. The van der Waals surface area contributed by atoms with Gasteiger partial charge in [0.25, 0.3) is 0 Å². The molecule has 0 amide bonds. The molecule has 2 rings (SSSR count). The van der Waals surface area contributed by atoms with Crippen LogP contribution in [0.1, 0.15) is 31.2 Å². The van der Waals surface area contributed by atoms with Crippen LogP contribution in [0.15, 0.2) is 24.3 Å². The Labute approximate surface area is 106 Å². The zero-order valence-corrected chi connectivity index (χ0v) is 10.6. The molecule has 16 heavy (non-hydrogen) atoms. The van der Waals surface area contributed by atoms with Gasteiger partial charge in [-0.1, -0.05) is 47.8 Å². The van der Waals surface area contributed by atoms with Crippen LogP contribution in [0.3, 0.4) is 0 Å². The van der Waals surface area contributed by atoms with Crippen molar-refractivity contribution in [2.24, 2.45) is 5.73 Å². The van der Waals surface area contributed by atoms with E-state index in [9.17, 15) is 0 Å². The first kappa shape index (κ1) is 12.0. The molecule has 0 spiro atoms. The second-order valence-electron chi connectivity index (χ2n) is 4.20. The summed E-state index contributed by atoms with van der Waals surface area (Å²) < 4.78 is 0. The molecule has 1 atom stereocenters. The van der Waals surface area contributed by atoms with Gasteiger partial charge in [0, 0.05) is 6.04 Å². The van der Waals surface area contributed by atoms with Crippen LogP contribution >= 0.6 is 23.2 Å². The molecule has 0 aromatic heterocycles. The number of hydrogen-bond acceptors (Lipinski definition) is 1. The monoisotopic (exact) mass is 255 g/mol. The van der Waals surface area contributed by atoms with E-state index < -0.39 is 0 Å². The van der Waals surface area contributed by atoms with Crippen molar-refractivity contribution in [3.63, 3.8) is 0 Å². The number of nitrogens with two attached hydrogens (primary N) is 1. The van der Waals surface area contributed by atoms with E-state index in [1.54, 1.807) is 0 Å². The molecule has 1 aliphatic carbocycles. The molecule has 0 saturated heterocycles. The Hall–Kier alpha value is -0.500. The van der Waals surface area contributed by atoms with Crippen molar-refractivity contribution in [3.8, 4) is 0 Å². The Kier molecular flexibility index (Phi) is 3.91. The van der Waals surface area contributed by atoms with Crippen molar-refractivity contribution in [1.82, 2.24) is 0 Å². The van der Waals surface area contributed by atoms with E-state index in [0.717, 1.165) is 18.4 Å². The first-order chi connectivity index (χ1) is 7.68. The van der Waals surface area contributed by atoms with Crippen molar-refractivity contribution in [3.05, 3.63) is 39.9 Å². The highest BCUT2D eigenvalue weighted by Crippen LogP contribution is 2.34. The Balaban J connectivity index is 2.38. The van der Waals surface area contributed by atoms with Gasteiger partial charge in [0.2, 0.25) is 0 Å². The summed E-state index contributed by atoms with van der Waals surface area (Å²) in [6.45, 7) is 0. The molecule has 86 valence electrons. The Bertz CT molecular complexity index is 412. The van der Waals surface area contributed by atoms with Gasteiger partial charge in [-0.2, -0.15) is 0 Å². The minimum absolute atomic E-state index is 0.146. The fraction of sp³-hybridized carbons (Fsp3) is 0.385. The standard InChI is InChI=1S/C13H15Cl2N/c14-12-7-3-6-11(13(12)15)9-4-1-2-5-10(16)8-9/h3,6-8,10H,1-2,4-5,16H2. The summed E-state index contributed by atoms with van der Waals surface area (Å²) in [4.78, 5) is 0. The molecule has 0 aliphatic heterocycles. The van der Waals surface area contributed by atoms with Gasteiger partial charge in [0.15, 0.2) is 0 Å². The zero-order valence-electron chi connectivity index (χ0n) is 9.05. The lowest BCUT2D eigenvalue weighted by Gasteiger charge is -2.10. The van der Waals surface area contributed by atoms with Crippen molar-refractivity contribution in [2.45, 2.75) is 31.7 Å². The highest BCUT2D eigenvalue weighted by atomic mass is 35.5. The van der Waals surface area contributed by atoms with Gasteiger partial charge in [-0.05, 0) is 36.5 Å². The number of benzene rings is 1. The second kappa shape index (κ2) is 5.22. The van der Waals surface area contributed by atoms with E-state index in [4.69, 9.17) is 28.9 Å². The average molecular weight is 256 g/mol. The third-order valence-electron chi connectivity index (χ3n) is 2.95. The predicted molar refractivity (Wildman–Crippen MR) is 70.9 cm³/mol. The maximum Gasteiger partial charge on any atom is 0.0667 e. The van der Waals surface area contributed by atoms with Crippen LogP contribution < -0.4 is 5.73 Å². The summed E-state index contributed by atoms with van der Waals surface area (Å²) in [7, 11) is 0. The van der Waals surface area contributed by atoms with Crippen LogP contribution in [0.4, 0.5) is 0 Å². The molecule has 0 fully saturated rings. The van der Waals surface area contributed by atoms with Crippen LogP contribution in [0.5, 0.6) is 0 Å². The lowest BCUT2D eigenvalue weighted by Crippen LogP contribution is -2.15. The molecule has 0 radical (unpaired) electrons. The summed E-state index contributed by atoms with van der Waals surface area (Å²) in [6.07, 6.45) is 6.57. The third-order valence-corrected chi connectivity index (χ3v) is 3.77. The molecule has 2 N–H and O–H groups in total. The summed E-state index contributed by atoms with van der Waals surface area (Å²) in [6, 6.07) is 5.90. The number of rotatable bonds is 1. The minimum Gasteiger partial charge on any atom is -0.324 e. The molecule has 0 heterocycles. The van der Waals surface area contributed by atoms with Gasteiger partial charge in [-0.3, -0.25) is 0 Å². The molecule has 0 bridgehead atoms. The molecular formula is C13H15Cl2N. The SMILES string of the molecule is NC1C=C(c2cccc(Cl)c2Cl)CCCC1. The molecule has 1 aliphatic rings. The Morgan fingerprint density at radius 1 is 1.19 bits per heavy atom. The molecular weight excluding hydrogens is 241 g/mol. The number of halogens is 2. The van der Waals surface area contributed by atoms with Crippen molar-refractivity contribution in [1.29, 1.82) is 0 Å². The first-order valence-electron chi connectivity index (χ1n) is 5.59. The molecule has 1 aromatic rings. The van der Waals surface area contributed by atoms with Crippen molar-refractivity contribution in [2.75, 3.05) is 0 Å². The lowest BCUT2D eigenvalue weighted by molar-refractivity contribution is 0.658. The van der Waals surface area contributed by atoms with E-state index in [1.807, 2.05) is 18.2 Å². The van der Waals surface area contributed by atoms with Gasteiger partial charge >= 0.3 is 0 Å². The molecule has 3 heteroatoms. The van der Waals surface area contributed by atoms with E-state index in [1.165, 1.54) is 18.4 Å². The van der Waals surface area contributed by atoms with E-state index in [0.29, 0.717) is 10.0 Å². The normalized spacial score (nSPS) is 21.4. The van der Waals surface area contributed by atoms with Crippen LogP contribution in [0.2, 0.25) is 10.0 Å². The van der Waals surface area contributed by atoms with Gasteiger partial charge < -0.3 is 5.73 Å². The summed E-state index contributed by atoms with van der Waals surface area (Å²) in [5, 5.41) is 1.25. The maximum absolute atomic E-state index is 6.21. The van der Waals surface area contributed by atoms with Crippen LogP contribution in [0.25, 0.3) is 5.57 Å². The average Bonchev–Trinajstić information content (AvgIpc) is 2.47. The quantitative estimate of drug-likeness (QED) is 0.797. The summed E-state index contributed by atoms with van der Waals surface area (Å²) in [5.74, 6) is 0. The highest BCUT2D eigenvalue weighted by Gasteiger charge is 2.13. The smallest absolute Gasteiger partial charge is 0.0667 e. The fourth-order valence-electron chi connectivity index (χ4n) is 2.10.